The molecule has 0 unspecified atom stereocenters. The fourth-order valence-electron chi connectivity index (χ4n) is 0.909. The van der Waals surface area contributed by atoms with E-state index in [0.29, 0.717) is 0 Å². The molecule has 0 radical (unpaired) electrons. The molecule has 0 aromatic rings. The Labute approximate surface area is 121 Å². The molecule has 0 spiro atoms. The maximum Gasteiger partial charge on any atom is 0.331 e. The standard InChI is InChI=1S/C13H16O8/c1-18-10(14)4-6-12(16)20-8-3-9-21-13(17)7-5-11(15)19-2/h4-7H,3,8-9H2,1-2H3/b6-4+,7-5+. The molecule has 0 aliphatic heterocycles. The maximum absolute atomic E-state index is 11.1. The van der Waals surface area contributed by atoms with Crippen LogP contribution in [-0.4, -0.2) is 51.3 Å². The van der Waals surface area contributed by atoms with Crippen LogP contribution in [0.15, 0.2) is 24.3 Å². The summed E-state index contributed by atoms with van der Waals surface area (Å²) < 4.78 is 18.0. The van der Waals surface area contributed by atoms with Gasteiger partial charge in [-0.1, -0.05) is 0 Å². The summed E-state index contributed by atoms with van der Waals surface area (Å²) in [6, 6.07) is 0. The van der Waals surface area contributed by atoms with E-state index in [9.17, 15) is 19.2 Å². The molecule has 8 nitrogen and oxygen atoms in total. The van der Waals surface area contributed by atoms with Gasteiger partial charge in [0.1, 0.15) is 0 Å². The third-order valence-electron chi connectivity index (χ3n) is 1.89. The largest absolute Gasteiger partial charge is 0.466 e. The highest BCUT2D eigenvalue weighted by molar-refractivity contribution is 5.92. The van der Waals surface area contributed by atoms with E-state index >= 15 is 0 Å². The van der Waals surface area contributed by atoms with E-state index in [1.807, 2.05) is 0 Å². The Balaban J connectivity index is 3.72. The molecular formula is C13H16O8. The highest BCUT2D eigenvalue weighted by Crippen LogP contribution is 1.91. The molecule has 0 N–H and O–H groups in total. The zero-order chi connectivity index (χ0) is 16.1. The van der Waals surface area contributed by atoms with Crippen molar-refractivity contribution < 1.29 is 38.1 Å². The molecule has 8 heteroatoms. The second-order valence-electron chi connectivity index (χ2n) is 3.40. The van der Waals surface area contributed by atoms with E-state index < -0.39 is 23.9 Å². The minimum absolute atomic E-state index is 0.0122. The van der Waals surface area contributed by atoms with Crippen molar-refractivity contribution in [3.05, 3.63) is 24.3 Å². The number of carbonyl (C=O) groups is 4. The molecule has 0 aromatic carbocycles. The van der Waals surface area contributed by atoms with Gasteiger partial charge in [-0.2, -0.15) is 0 Å². The lowest BCUT2D eigenvalue weighted by molar-refractivity contribution is -0.141. The van der Waals surface area contributed by atoms with Gasteiger partial charge in [0.2, 0.25) is 0 Å². The predicted molar refractivity (Wildman–Crippen MR) is 68.8 cm³/mol. The van der Waals surface area contributed by atoms with Crippen LogP contribution in [-0.2, 0) is 38.1 Å². The molecule has 0 aromatic heterocycles. The predicted octanol–water partition coefficient (Wildman–Crippen LogP) is -0.0787. The Hall–Kier alpha value is -2.64. The number of hydrogen-bond donors (Lipinski definition) is 0. The number of carbonyl (C=O) groups excluding carboxylic acids is 4. The summed E-state index contributed by atoms with van der Waals surface area (Å²) in [4.78, 5) is 43.5. The van der Waals surface area contributed by atoms with Crippen LogP contribution in [0.25, 0.3) is 0 Å². The molecule has 21 heavy (non-hydrogen) atoms. The quantitative estimate of drug-likeness (QED) is 0.265. The highest BCUT2D eigenvalue weighted by atomic mass is 16.5. The molecule has 0 saturated carbocycles. The lowest BCUT2D eigenvalue weighted by atomic mass is 10.4. The molecule has 0 aliphatic carbocycles. The Morgan fingerprint density at radius 2 is 1.00 bits per heavy atom. The number of ether oxygens (including phenoxy) is 4. The van der Waals surface area contributed by atoms with Gasteiger partial charge < -0.3 is 18.9 Å². The smallest absolute Gasteiger partial charge is 0.331 e. The van der Waals surface area contributed by atoms with E-state index in [1.54, 1.807) is 0 Å². The van der Waals surface area contributed by atoms with Crippen molar-refractivity contribution in [1.29, 1.82) is 0 Å². The van der Waals surface area contributed by atoms with Gasteiger partial charge in [-0.25, -0.2) is 19.2 Å². The molecule has 0 rings (SSSR count). The van der Waals surface area contributed by atoms with Crippen molar-refractivity contribution in [1.82, 2.24) is 0 Å². The van der Waals surface area contributed by atoms with E-state index in [4.69, 9.17) is 9.47 Å². The summed E-state index contributed by atoms with van der Waals surface area (Å²) in [5, 5.41) is 0. The fourth-order valence-corrected chi connectivity index (χ4v) is 0.909. The lowest BCUT2D eigenvalue weighted by Gasteiger charge is -2.02. The van der Waals surface area contributed by atoms with Crippen LogP contribution in [0.4, 0.5) is 0 Å². The normalized spacial score (nSPS) is 10.4. The Morgan fingerprint density at radius 3 is 1.33 bits per heavy atom. The van der Waals surface area contributed by atoms with Crippen molar-refractivity contribution in [2.75, 3.05) is 27.4 Å². The highest BCUT2D eigenvalue weighted by Gasteiger charge is 2.01. The van der Waals surface area contributed by atoms with Crippen molar-refractivity contribution in [3.63, 3.8) is 0 Å². The Kier molecular flexibility index (Phi) is 9.80. The molecule has 0 amide bonds. The van der Waals surface area contributed by atoms with Crippen LogP contribution in [0.5, 0.6) is 0 Å². The van der Waals surface area contributed by atoms with E-state index in [2.05, 4.69) is 9.47 Å². The zero-order valence-corrected chi connectivity index (χ0v) is 11.7. The topological polar surface area (TPSA) is 105 Å². The fraction of sp³-hybridized carbons (Fsp3) is 0.385. The van der Waals surface area contributed by atoms with Crippen LogP contribution in [0.3, 0.4) is 0 Å². The molecule has 0 saturated heterocycles. The average Bonchev–Trinajstić information content (AvgIpc) is 2.49. The lowest BCUT2D eigenvalue weighted by Crippen LogP contribution is -2.09. The summed E-state index contributed by atoms with van der Waals surface area (Å²) in [6.45, 7) is 0.0245. The van der Waals surface area contributed by atoms with Gasteiger partial charge in [-0.3, -0.25) is 0 Å². The van der Waals surface area contributed by atoms with Gasteiger partial charge in [0.05, 0.1) is 27.4 Å². The summed E-state index contributed by atoms with van der Waals surface area (Å²) in [5.41, 5.74) is 0. The SMILES string of the molecule is COC(=O)/C=C/C(=O)OCCCOC(=O)/C=C/C(=O)OC. The summed E-state index contributed by atoms with van der Waals surface area (Å²) in [5.74, 6) is -2.76. The molecule has 0 atom stereocenters. The van der Waals surface area contributed by atoms with Crippen LogP contribution in [0, 0.1) is 0 Å². The maximum atomic E-state index is 11.1. The van der Waals surface area contributed by atoms with Crippen LogP contribution >= 0.6 is 0 Å². The van der Waals surface area contributed by atoms with Crippen molar-refractivity contribution in [2.45, 2.75) is 6.42 Å². The second kappa shape index (κ2) is 11.2. The van der Waals surface area contributed by atoms with Crippen LogP contribution < -0.4 is 0 Å². The molecule has 0 heterocycles. The summed E-state index contributed by atoms with van der Waals surface area (Å²) in [6.07, 6.45) is 3.99. The van der Waals surface area contributed by atoms with Gasteiger partial charge in [0.15, 0.2) is 0 Å². The molecule has 0 bridgehead atoms. The zero-order valence-electron chi connectivity index (χ0n) is 11.7. The number of esters is 4. The van der Waals surface area contributed by atoms with Gasteiger partial charge in [-0.15, -0.1) is 0 Å². The van der Waals surface area contributed by atoms with Gasteiger partial charge >= 0.3 is 23.9 Å². The Bertz CT molecular complexity index is 395. The minimum atomic E-state index is -0.711. The first-order valence-corrected chi connectivity index (χ1v) is 5.85. The van der Waals surface area contributed by atoms with Crippen LogP contribution in [0.2, 0.25) is 0 Å². The van der Waals surface area contributed by atoms with E-state index in [-0.39, 0.29) is 19.6 Å². The van der Waals surface area contributed by atoms with Gasteiger partial charge in [0, 0.05) is 30.7 Å². The summed E-state index contributed by atoms with van der Waals surface area (Å²) >= 11 is 0. The van der Waals surface area contributed by atoms with Crippen molar-refractivity contribution >= 4 is 23.9 Å². The summed E-state index contributed by atoms with van der Waals surface area (Å²) in [7, 11) is 2.36. The second-order valence-corrected chi connectivity index (χ2v) is 3.40. The van der Waals surface area contributed by atoms with E-state index in [1.165, 1.54) is 14.2 Å². The molecule has 116 valence electrons. The minimum Gasteiger partial charge on any atom is -0.466 e. The van der Waals surface area contributed by atoms with Crippen LogP contribution in [0.1, 0.15) is 6.42 Å². The molecule has 0 fully saturated rings. The molecular weight excluding hydrogens is 284 g/mol. The van der Waals surface area contributed by atoms with Crippen molar-refractivity contribution in [2.24, 2.45) is 0 Å². The number of hydrogen-bond acceptors (Lipinski definition) is 8. The molecule has 0 aliphatic rings. The van der Waals surface area contributed by atoms with E-state index in [0.717, 1.165) is 24.3 Å². The third-order valence-corrected chi connectivity index (χ3v) is 1.89. The number of rotatable bonds is 8. The first kappa shape index (κ1) is 18.4. The third kappa shape index (κ3) is 10.9. The first-order valence-electron chi connectivity index (χ1n) is 5.85. The average molecular weight is 300 g/mol. The Morgan fingerprint density at radius 1 is 0.667 bits per heavy atom. The number of methoxy groups -OCH3 is 2. The van der Waals surface area contributed by atoms with Crippen molar-refractivity contribution in [3.8, 4) is 0 Å². The van der Waals surface area contributed by atoms with Gasteiger partial charge in [-0.05, 0) is 0 Å². The monoisotopic (exact) mass is 300 g/mol. The van der Waals surface area contributed by atoms with Gasteiger partial charge in [0.25, 0.3) is 0 Å². The first-order chi connectivity index (χ1) is 9.99.